The first kappa shape index (κ1) is 16.3. The minimum absolute atomic E-state index is 0.0671. The topological polar surface area (TPSA) is 71.3 Å². The molecule has 1 aromatic rings. The fraction of sp³-hybridized carbons (Fsp3) is 0.529. The van der Waals surface area contributed by atoms with Gasteiger partial charge in [-0.05, 0) is 51.5 Å². The maximum atomic E-state index is 12.2. The molecule has 118 valence electrons. The van der Waals surface area contributed by atoms with Gasteiger partial charge in [-0.15, -0.1) is 0 Å². The van der Waals surface area contributed by atoms with E-state index in [2.05, 4.69) is 11.4 Å². The summed E-state index contributed by atoms with van der Waals surface area (Å²) in [5.41, 5.74) is 0.235. The SMILES string of the molecule is CC(C)(C)Oc1ccc(C(=O)N[C@H](C#N)[C@@H]2CCOC2)cc1. The minimum atomic E-state index is -0.513. The highest BCUT2D eigenvalue weighted by molar-refractivity contribution is 5.94. The van der Waals surface area contributed by atoms with Crippen LogP contribution < -0.4 is 10.1 Å². The Balaban J connectivity index is 1.98. The Labute approximate surface area is 131 Å². The zero-order valence-electron chi connectivity index (χ0n) is 13.3. The van der Waals surface area contributed by atoms with Gasteiger partial charge in [0.15, 0.2) is 0 Å². The van der Waals surface area contributed by atoms with Crippen molar-refractivity contribution < 1.29 is 14.3 Å². The molecule has 0 unspecified atom stereocenters. The number of hydrogen-bond donors (Lipinski definition) is 1. The van der Waals surface area contributed by atoms with Crippen molar-refractivity contribution in [3.05, 3.63) is 29.8 Å². The maximum Gasteiger partial charge on any atom is 0.252 e. The van der Waals surface area contributed by atoms with Crippen molar-refractivity contribution in [1.29, 1.82) is 5.26 Å². The van der Waals surface area contributed by atoms with Crippen LogP contribution in [0.5, 0.6) is 5.75 Å². The predicted octanol–water partition coefficient (Wildman–Crippen LogP) is 2.52. The lowest BCUT2D eigenvalue weighted by molar-refractivity contribution is 0.0931. The van der Waals surface area contributed by atoms with Crippen molar-refractivity contribution in [2.24, 2.45) is 5.92 Å². The molecule has 1 saturated heterocycles. The molecule has 0 saturated carbocycles. The summed E-state index contributed by atoms with van der Waals surface area (Å²) in [6.45, 7) is 7.08. The molecule has 1 aliphatic rings. The van der Waals surface area contributed by atoms with E-state index in [1.807, 2.05) is 20.8 Å². The van der Waals surface area contributed by atoms with Gasteiger partial charge in [0.05, 0.1) is 12.7 Å². The van der Waals surface area contributed by atoms with E-state index in [4.69, 9.17) is 9.47 Å². The van der Waals surface area contributed by atoms with Crippen molar-refractivity contribution in [2.45, 2.75) is 38.8 Å². The molecule has 0 spiro atoms. The van der Waals surface area contributed by atoms with Gasteiger partial charge in [0.25, 0.3) is 5.91 Å². The monoisotopic (exact) mass is 302 g/mol. The number of rotatable bonds is 4. The zero-order valence-corrected chi connectivity index (χ0v) is 13.3. The molecule has 5 heteroatoms. The van der Waals surface area contributed by atoms with Crippen LogP contribution in [0, 0.1) is 17.2 Å². The highest BCUT2D eigenvalue weighted by Crippen LogP contribution is 2.20. The summed E-state index contributed by atoms with van der Waals surface area (Å²) in [5, 5.41) is 12.0. The van der Waals surface area contributed by atoms with Crippen LogP contribution in [0.25, 0.3) is 0 Å². The Morgan fingerprint density at radius 2 is 2.09 bits per heavy atom. The van der Waals surface area contributed by atoms with E-state index in [1.54, 1.807) is 24.3 Å². The van der Waals surface area contributed by atoms with Gasteiger partial charge in [-0.3, -0.25) is 4.79 Å². The molecule has 0 radical (unpaired) electrons. The summed E-state index contributed by atoms with van der Waals surface area (Å²) in [7, 11) is 0. The number of hydrogen-bond acceptors (Lipinski definition) is 4. The van der Waals surface area contributed by atoms with Crippen LogP contribution in [0.2, 0.25) is 0 Å². The molecule has 1 heterocycles. The van der Waals surface area contributed by atoms with Gasteiger partial charge in [0.1, 0.15) is 17.4 Å². The molecule has 0 aliphatic carbocycles. The Morgan fingerprint density at radius 1 is 1.41 bits per heavy atom. The molecule has 1 amide bonds. The molecule has 1 aromatic carbocycles. The van der Waals surface area contributed by atoms with Crippen molar-refractivity contribution in [3.8, 4) is 11.8 Å². The van der Waals surface area contributed by atoms with E-state index in [9.17, 15) is 10.1 Å². The van der Waals surface area contributed by atoms with E-state index in [0.717, 1.165) is 6.42 Å². The van der Waals surface area contributed by atoms with Crippen LogP contribution in [-0.2, 0) is 4.74 Å². The standard InChI is InChI=1S/C17H22N2O3/c1-17(2,3)22-14-6-4-12(5-7-14)16(20)19-15(10-18)13-8-9-21-11-13/h4-7,13,15H,8-9,11H2,1-3H3,(H,19,20)/t13-,15-/m1/s1. The Kier molecular flexibility index (Phi) is 5.04. The van der Waals surface area contributed by atoms with E-state index in [1.165, 1.54) is 0 Å². The van der Waals surface area contributed by atoms with Crippen LogP contribution in [0.4, 0.5) is 0 Å². The minimum Gasteiger partial charge on any atom is -0.488 e. The number of nitrogens with zero attached hydrogens (tertiary/aromatic N) is 1. The van der Waals surface area contributed by atoms with Crippen LogP contribution in [0.1, 0.15) is 37.6 Å². The lowest BCUT2D eigenvalue weighted by atomic mass is 10.00. The smallest absolute Gasteiger partial charge is 0.252 e. The normalized spacial score (nSPS) is 19.3. The van der Waals surface area contributed by atoms with Gasteiger partial charge in [-0.2, -0.15) is 5.26 Å². The van der Waals surface area contributed by atoms with Gasteiger partial charge < -0.3 is 14.8 Å². The van der Waals surface area contributed by atoms with E-state index in [-0.39, 0.29) is 17.4 Å². The highest BCUT2D eigenvalue weighted by Gasteiger charge is 2.27. The third-order valence-electron chi connectivity index (χ3n) is 3.40. The number of carbonyl (C=O) groups is 1. The second-order valence-corrected chi connectivity index (χ2v) is 6.44. The zero-order chi connectivity index (χ0) is 16.2. The number of nitrogens with one attached hydrogen (secondary N) is 1. The Morgan fingerprint density at radius 3 is 2.59 bits per heavy atom. The summed E-state index contributed by atoms with van der Waals surface area (Å²) in [6.07, 6.45) is 0.802. The molecular formula is C17H22N2O3. The number of carbonyl (C=O) groups excluding carboxylic acids is 1. The second kappa shape index (κ2) is 6.80. The summed E-state index contributed by atoms with van der Waals surface area (Å²) in [6, 6.07) is 8.57. The van der Waals surface area contributed by atoms with Crippen LogP contribution in [0.3, 0.4) is 0 Å². The van der Waals surface area contributed by atoms with E-state index in [0.29, 0.717) is 24.5 Å². The molecule has 2 atom stereocenters. The second-order valence-electron chi connectivity index (χ2n) is 6.44. The van der Waals surface area contributed by atoms with Gasteiger partial charge in [0.2, 0.25) is 0 Å². The number of amides is 1. The van der Waals surface area contributed by atoms with Gasteiger partial charge in [-0.25, -0.2) is 0 Å². The van der Waals surface area contributed by atoms with Crippen molar-refractivity contribution >= 4 is 5.91 Å². The Bertz CT molecular complexity index is 549. The predicted molar refractivity (Wildman–Crippen MR) is 82.6 cm³/mol. The Hall–Kier alpha value is -2.06. The molecule has 1 N–H and O–H groups in total. The fourth-order valence-corrected chi connectivity index (χ4v) is 2.32. The maximum absolute atomic E-state index is 12.2. The first-order valence-electron chi connectivity index (χ1n) is 7.46. The van der Waals surface area contributed by atoms with Gasteiger partial charge >= 0.3 is 0 Å². The quantitative estimate of drug-likeness (QED) is 0.927. The number of nitriles is 1. The van der Waals surface area contributed by atoms with Crippen molar-refractivity contribution in [3.63, 3.8) is 0 Å². The molecule has 5 nitrogen and oxygen atoms in total. The van der Waals surface area contributed by atoms with Crippen molar-refractivity contribution in [1.82, 2.24) is 5.32 Å². The molecule has 2 rings (SSSR count). The summed E-state index contributed by atoms with van der Waals surface area (Å²) >= 11 is 0. The third kappa shape index (κ3) is 4.47. The van der Waals surface area contributed by atoms with E-state index >= 15 is 0 Å². The lowest BCUT2D eigenvalue weighted by Crippen LogP contribution is -2.39. The first-order valence-corrected chi connectivity index (χ1v) is 7.46. The summed E-state index contributed by atoms with van der Waals surface area (Å²) < 4.78 is 11.0. The molecule has 0 aromatic heterocycles. The molecular weight excluding hydrogens is 280 g/mol. The highest BCUT2D eigenvalue weighted by atomic mass is 16.5. The van der Waals surface area contributed by atoms with Crippen LogP contribution >= 0.6 is 0 Å². The summed E-state index contributed by atoms with van der Waals surface area (Å²) in [5.74, 6) is 0.531. The average molecular weight is 302 g/mol. The fourth-order valence-electron chi connectivity index (χ4n) is 2.32. The number of ether oxygens (including phenoxy) is 2. The number of benzene rings is 1. The van der Waals surface area contributed by atoms with Crippen molar-refractivity contribution in [2.75, 3.05) is 13.2 Å². The van der Waals surface area contributed by atoms with Gasteiger partial charge in [-0.1, -0.05) is 0 Å². The van der Waals surface area contributed by atoms with Crippen LogP contribution in [0.15, 0.2) is 24.3 Å². The largest absolute Gasteiger partial charge is 0.488 e. The average Bonchev–Trinajstić information content (AvgIpc) is 2.97. The molecule has 1 fully saturated rings. The first-order chi connectivity index (χ1) is 10.4. The molecule has 0 bridgehead atoms. The summed E-state index contributed by atoms with van der Waals surface area (Å²) in [4.78, 5) is 12.2. The molecule has 22 heavy (non-hydrogen) atoms. The third-order valence-corrected chi connectivity index (χ3v) is 3.40. The lowest BCUT2D eigenvalue weighted by Gasteiger charge is -2.21. The van der Waals surface area contributed by atoms with E-state index < -0.39 is 6.04 Å². The van der Waals surface area contributed by atoms with Gasteiger partial charge in [0, 0.05) is 18.1 Å². The molecule has 1 aliphatic heterocycles. The van der Waals surface area contributed by atoms with Crippen LogP contribution in [-0.4, -0.2) is 30.8 Å².